The summed E-state index contributed by atoms with van der Waals surface area (Å²) in [7, 11) is 0. The summed E-state index contributed by atoms with van der Waals surface area (Å²) in [6.07, 6.45) is 6.69. The number of carbonyl (C=O) groups is 1. The Morgan fingerprint density at radius 3 is 2.39 bits per heavy atom. The van der Waals surface area contributed by atoms with Crippen LogP contribution in [-0.2, 0) is 11.3 Å². The molecule has 1 amide bonds. The van der Waals surface area contributed by atoms with Crippen LogP contribution in [0.4, 0.5) is 10.2 Å². The number of carbonyl (C=O) groups excluding carboxylic acids is 1. The number of nitrogens with zero attached hydrogens (tertiary/aromatic N) is 5. The Morgan fingerprint density at radius 1 is 1.03 bits per heavy atom. The lowest BCUT2D eigenvalue weighted by atomic mass is 10.3. The van der Waals surface area contributed by atoms with E-state index >= 15 is 0 Å². The lowest BCUT2D eigenvalue weighted by Crippen LogP contribution is -2.19. The predicted octanol–water partition coefficient (Wildman–Crippen LogP) is 4.44. The van der Waals surface area contributed by atoms with Gasteiger partial charge in [0, 0.05) is 25.8 Å². The number of aryl methyl sites for hydroxylation is 1. The van der Waals surface area contributed by atoms with Gasteiger partial charge in [-0.2, -0.15) is 0 Å². The molecule has 172 valence electrons. The molecule has 1 saturated heterocycles. The third-order valence-electron chi connectivity index (χ3n) is 4.86. The summed E-state index contributed by atoms with van der Waals surface area (Å²) in [5.74, 6) is 0.892. The molecule has 0 radical (unpaired) electrons. The number of fused-ring (bicyclic) bond motifs is 1. The number of aromatic nitrogens is 4. The van der Waals surface area contributed by atoms with E-state index in [4.69, 9.17) is 11.6 Å². The molecule has 3 aromatic heterocycles. The maximum atomic E-state index is 11.9. The summed E-state index contributed by atoms with van der Waals surface area (Å²) in [6, 6.07) is 15.5. The second-order valence-electron chi connectivity index (χ2n) is 7.34. The summed E-state index contributed by atoms with van der Waals surface area (Å²) in [5.41, 5.74) is 2.95. The molecule has 0 aliphatic carbocycles. The number of pyridine rings is 1. The summed E-state index contributed by atoms with van der Waals surface area (Å²) in [6.45, 7) is 4.78. The van der Waals surface area contributed by atoms with Crippen LogP contribution in [0.1, 0.15) is 24.1 Å². The Morgan fingerprint density at radius 2 is 1.79 bits per heavy atom. The van der Waals surface area contributed by atoms with Crippen molar-refractivity contribution in [3.05, 3.63) is 89.2 Å². The van der Waals surface area contributed by atoms with Gasteiger partial charge in [-0.3, -0.25) is 4.79 Å². The monoisotopic (exact) mass is 468 g/mol. The average Bonchev–Trinajstić information content (AvgIpc) is 3.50. The van der Waals surface area contributed by atoms with Gasteiger partial charge in [0.1, 0.15) is 16.8 Å². The van der Waals surface area contributed by atoms with Crippen LogP contribution in [0.5, 0.6) is 0 Å². The number of rotatable bonds is 4. The van der Waals surface area contributed by atoms with Crippen molar-refractivity contribution in [3.8, 4) is 0 Å². The second kappa shape index (κ2) is 12.5. The quantitative estimate of drug-likeness (QED) is 0.354. The number of halogens is 2. The van der Waals surface area contributed by atoms with Crippen molar-refractivity contribution in [2.75, 3.05) is 18.0 Å². The molecule has 1 aromatic carbocycles. The van der Waals surface area contributed by atoms with Crippen LogP contribution in [0.3, 0.4) is 0 Å². The fourth-order valence-corrected chi connectivity index (χ4v) is 3.29. The topological polar surface area (TPSA) is 75.4 Å². The van der Waals surface area contributed by atoms with E-state index in [1.165, 1.54) is 25.0 Å². The van der Waals surface area contributed by atoms with Gasteiger partial charge in [0.15, 0.2) is 5.65 Å². The molecule has 0 saturated carbocycles. The number of hydrogen-bond acceptors (Lipinski definition) is 5. The number of nitrogens with one attached hydrogen (secondary N) is 1. The van der Waals surface area contributed by atoms with Crippen LogP contribution >= 0.6 is 11.6 Å². The largest absolute Gasteiger partial charge is 0.355 e. The van der Waals surface area contributed by atoms with Gasteiger partial charge in [-0.05, 0) is 55.7 Å². The standard InChI is InChI=1S/C11H14N4.C7H7ClN2O.C6H5F/c1-9-8-12-10-4-5-11(13-15(9)10)14-6-2-3-7-14;8-7-2-1-6(4-10-7)3-9-5-11;7-6-4-2-1-3-5-6/h4-5,8H,2-3,6-7H2,1H3;1-2,4-5H,3H2,(H,9,11);1-5H. The van der Waals surface area contributed by atoms with E-state index < -0.39 is 0 Å². The minimum absolute atomic E-state index is 0.178. The van der Waals surface area contributed by atoms with E-state index in [9.17, 15) is 9.18 Å². The van der Waals surface area contributed by atoms with Gasteiger partial charge in [-0.1, -0.05) is 35.9 Å². The van der Waals surface area contributed by atoms with Crippen molar-refractivity contribution < 1.29 is 9.18 Å². The van der Waals surface area contributed by atoms with Crippen LogP contribution < -0.4 is 10.2 Å². The lowest BCUT2D eigenvalue weighted by molar-refractivity contribution is -0.109. The molecule has 1 aliphatic rings. The smallest absolute Gasteiger partial charge is 0.207 e. The number of amides is 1. The molecule has 1 fully saturated rings. The van der Waals surface area contributed by atoms with Crippen molar-refractivity contribution >= 4 is 29.5 Å². The zero-order valence-electron chi connectivity index (χ0n) is 18.4. The van der Waals surface area contributed by atoms with E-state index in [0.29, 0.717) is 18.1 Å². The van der Waals surface area contributed by atoms with Gasteiger partial charge in [0.2, 0.25) is 6.41 Å². The third-order valence-corrected chi connectivity index (χ3v) is 5.08. The predicted molar refractivity (Wildman–Crippen MR) is 128 cm³/mol. The van der Waals surface area contributed by atoms with Gasteiger partial charge < -0.3 is 10.2 Å². The number of hydrogen-bond donors (Lipinski definition) is 1. The molecule has 7 nitrogen and oxygen atoms in total. The molecule has 4 heterocycles. The molecule has 0 bridgehead atoms. The Hall–Kier alpha value is -3.52. The molecule has 33 heavy (non-hydrogen) atoms. The molecular weight excluding hydrogens is 443 g/mol. The highest BCUT2D eigenvalue weighted by atomic mass is 35.5. The number of imidazole rings is 1. The van der Waals surface area contributed by atoms with E-state index in [1.54, 1.807) is 30.5 Å². The highest BCUT2D eigenvalue weighted by Gasteiger charge is 2.14. The van der Waals surface area contributed by atoms with Crippen molar-refractivity contribution in [1.29, 1.82) is 0 Å². The molecule has 0 spiro atoms. The highest BCUT2D eigenvalue weighted by molar-refractivity contribution is 6.29. The third kappa shape index (κ3) is 7.54. The van der Waals surface area contributed by atoms with Crippen LogP contribution in [0, 0.1) is 12.7 Å². The zero-order chi connectivity index (χ0) is 23.5. The lowest BCUT2D eigenvalue weighted by Gasteiger charge is -2.15. The molecule has 1 aliphatic heterocycles. The van der Waals surface area contributed by atoms with Crippen molar-refractivity contribution in [2.45, 2.75) is 26.3 Å². The van der Waals surface area contributed by atoms with Crippen LogP contribution in [0.25, 0.3) is 5.65 Å². The first-order valence-electron chi connectivity index (χ1n) is 10.6. The van der Waals surface area contributed by atoms with Crippen LogP contribution in [0.15, 0.2) is 67.0 Å². The molecule has 1 N–H and O–H groups in total. The maximum Gasteiger partial charge on any atom is 0.207 e. The molecule has 0 unspecified atom stereocenters. The van der Waals surface area contributed by atoms with Gasteiger partial charge in [0.25, 0.3) is 0 Å². The summed E-state index contributed by atoms with van der Waals surface area (Å²) in [5, 5.41) is 7.58. The number of benzene rings is 1. The van der Waals surface area contributed by atoms with E-state index in [-0.39, 0.29) is 5.82 Å². The minimum atomic E-state index is -0.178. The molecule has 9 heteroatoms. The normalized spacial score (nSPS) is 12.4. The first kappa shape index (κ1) is 24.1. The highest BCUT2D eigenvalue weighted by Crippen LogP contribution is 2.18. The number of anilines is 1. The van der Waals surface area contributed by atoms with Gasteiger partial charge in [0.05, 0.1) is 11.9 Å². The Labute approximate surface area is 197 Å². The molecule has 0 atom stereocenters. The van der Waals surface area contributed by atoms with Crippen molar-refractivity contribution in [1.82, 2.24) is 24.9 Å². The van der Waals surface area contributed by atoms with Crippen LogP contribution in [0.2, 0.25) is 5.15 Å². The maximum absolute atomic E-state index is 11.9. The van der Waals surface area contributed by atoms with Gasteiger partial charge >= 0.3 is 0 Å². The van der Waals surface area contributed by atoms with E-state index in [1.807, 2.05) is 29.8 Å². The molecule has 4 aromatic rings. The zero-order valence-corrected chi connectivity index (χ0v) is 19.1. The average molecular weight is 469 g/mol. The molecule has 5 rings (SSSR count). The van der Waals surface area contributed by atoms with Gasteiger partial charge in [-0.25, -0.2) is 18.9 Å². The SMILES string of the molecule is Cc1cnc2ccc(N3CCCC3)nn12.Fc1ccccc1.O=CNCc1ccc(Cl)nc1. The summed E-state index contributed by atoms with van der Waals surface area (Å²) in [4.78, 5) is 20.3. The first-order valence-corrected chi connectivity index (χ1v) is 11.0. The fraction of sp³-hybridized carbons (Fsp3) is 0.250. The summed E-state index contributed by atoms with van der Waals surface area (Å²) < 4.78 is 13.8. The molecular formula is C24H26ClFN6O. The Balaban J connectivity index is 0.000000150. The van der Waals surface area contributed by atoms with Crippen molar-refractivity contribution in [3.63, 3.8) is 0 Å². The Bertz CT molecular complexity index is 1130. The Kier molecular flexibility index (Phi) is 9.14. The van der Waals surface area contributed by atoms with E-state index in [0.717, 1.165) is 35.8 Å². The van der Waals surface area contributed by atoms with Crippen molar-refractivity contribution in [2.24, 2.45) is 0 Å². The first-order chi connectivity index (χ1) is 16.1. The minimum Gasteiger partial charge on any atom is -0.355 e. The van der Waals surface area contributed by atoms with E-state index in [2.05, 4.69) is 31.3 Å². The summed E-state index contributed by atoms with van der Waals surface area (Å²) >= 11 is 5.54. The fourth-order valence-electron chi connectivity index (χ4n) is 3.18. The second-order valence-corrected chi connectivity index (χ2v) is 7.73. The van der Waals surface area contributed by atoms with Crippen LogP contribution in [-0.4, -0.2) is 39.1 Å². The van der Waals surface area contributed by atoms with Gasteiger partial charge in [-0.15, -0.1) is 5.10 Å².